The number of ketones is 2. The zero-order valence-electron chi connectivity index (χ0n) is 9.84. The SMILES string of the molecule is O=C1C(=O)c2occc2-c2c1ccc1ccccc21. The fraction of sp³-hybridized carbons (Fsp3) is 0. The van der Waals surface area contributed by atoms with Crippen LogP contribution in [0.3, 0.4) is 0 Å². The third kappa shape index (κ3) is 1.21. The third-order valence-corrected chi connectivity index (χ3v) is 3.52. The Balaban J connectivity index is 2.23. The van der Waals surface area contributed by atoms with Crippen LogP contribution in [0.2, 0.25) is 0 Å². The normalized spacial score (nSPS) is 13.5. The van der Waals surface area contributed by atoms with Crippen molar-refractivity contribution in [2.75, 3.05) is 0 Å². The Morgan fingerprint density at radius 1 is 0.789 bits per heavy atom. The molecule has 0 amide bonds. The molecule has 0 saturated carbocycles. The lowest BCUT2D eigenvalue weighted by Gasteiger charge is -2.15. The van der Waals surface area contributed by atoms with Gasteiger partial charge in [-0.05, 0) is 22.9 Å². The van der Waals surface area contributed by atoms with E-state index < -0.39 is 11.6 Å². The molecule has 0 N–H and O–H groups in total. The van der Waals surface area contributed by atoms with Crippen molar-refractivity contribution >= 4 is 22.3 Å². The third-order valence-electron chi connectivity index (χ3n) is 3.52. The van der Waals surface area contributed by atoms with Crippen LogP contribution in [0.5, 0.6) is 0 Å². The number of benzene rings is 2. The molecule has 0 atom stereocenters. The number of rotatable bonds is 0. The van der Waals surface area contributed by atoms with Crippen molar-refractivity contribution in [1.82, 2.24) is 0 Å². The molecule has 1 heterocycles. The van der Waals surface area contributed by atoms with Crippen molar-refractivity contribution < 1.29 is 14.0 Å². The number of fused-ring (bicyclic) bond motifs is 5. The molecule has 0 bridgehead atoms. The second-order valence-corrected chi connectivity index (χ2v) is 4.53. The van der Waals surface area contributed by atoms with Crippen molar-refractivity contribution in [2.24, 2.45) is 0 Å². The summed E-state index contributed by atoms with van der Waals surface area (Å²) in [6.07, 6.45) is 1.45. The second-order valence-electron chi connectivity index (χ2n) is 4.53. The van der Waals surface area contributed by atoms with E-state index in [-0.39, 0.29) is 5.76 Å². The molecule has 19 heavy (non-hydrogen) atoms. The maximum atomic E-state index is 12.1. The van der Waals surface area contributed by atoms with E-state index in [9.17, 15) is 9.59 Å². The number of Topliss-reactive ketones (excluding diaryl/α,β-unsaturated/α-hetero) is 2. The number of carbonyl (C=O) groups is 2. The van der Waals surface area contributed by atoms with E-state index in [1.54, 1.807) is 12.1 Å². The average molecular weight is 248 g/mol. The molecule has 4 rings (SSSR count). The smallest absolute Gasteiger partial charge is 0.269 e. The molecule has 2 aromatic carbocycles. The van der Waals surface area contributed by atoms with Gasteiger partial charge in [-0.1, -0.05) is 30.3 Å². The monoisotopic (exact) mass is 248 g/mol. The van der Waals surface area contributed by atoms with Gasteiger partial charge in [-0.2, -0.15) is 0 Å². The zero-order valence-corrected chi connectivity index (χ0v) is 9.84. The van der Waals surface area contributed by atoms with Gasteiger partial charge < -0.3 is 4.42 Å². The van der Waals surface area contributed by atoms with Crippen LogP contribution in [0.15, 0.2) is 53.1 Å². The van der Waals surface area contributed by atoms with Gasteiger partial charge in [-0.15, -0.1) is 0 Å². The van der Waals surface area contributed by atoms with E-state index in [0.717, 1.165) is 16.3 Å². The van der Waals surface area contributed by atoms with Crippen molar-refractivity contribution in [3.8, 4) is 11.1 Å². The lowest BCUT2D eigenvalue weighted by atomic mass is 9.85. The summed E-state index contributed by atoms with van der Waals surface area (Å²) in [4.78, 5) is 24.0. The Bertz CT molecular complexity index is 855. The van der Waals surface area contributed by atoms with Crippen molar-refractivity contribution in [3.63, 3.8) is 0 Å². The molecule has 3 heteroatoms. The minimum atomic E-state index is -0.567. The molecular formula is C16H8O3. The largest absolute Gasteiger partial charge is 0.460 e. The standard InChI is InChI=1S/C16H8O3/c17-14-11-6-5-9-3-1-2-4-10(9)13(11)12-7-8-19-16(12)15(14)18/h1-8H. The first-order chi connectivity index (χ1) is 9.27. The topological polar surface area (TPSA) is 47.3 Å². The summed E-state index contributed by atoms with van der Waals surface area (Å²) in [6, 6.07) is 13.1. The maximum absolute atomic E-state index is 12.1. The van der Waals surface area contributed by atoms with Gasteiger partial charge in [-0.25, -0.2) is 0 Å². The molecule has 1 aliphatic rings. The molecule has 0 aliphatic heterocycles. The van der Waals surface area contributed by atoms with E-state index in [4.69, 9.17) is 4.42 Å². The van der Waals surface area contributed by atoms with Crippen LogP contribution in [-0.2, 0) is 0 Å². The summed E-state index contributed by atoms with van der Waals surface area (Å²) < 4.78 is 5.17. The molecule has 0 saturated heterocycles. The van der Waals surface area contributed by atoms with Crippen LogP contribution in [-0.4, -0.2) is 11.6 Å². The van der Waals surface area contributed by atoms with Gasteiger partial charge in [0.2, 0.25) is 5.78 Å². The number of carbonyl (C=O) groups excluding carboxylic acids is 2. The van der Waals surface area contributed by atoms with E-state index in [1.807, 2.05) is 30.3 Å². The summed E-state index contributed by atoms with van der Waals surface area (Å²) >= 11 is 0. The van der Waals surface area contributed by atoms with Crippen molar-refractivity contribution in [2.45, 2.75) is 0 Å². The molecule has 1 aromatic heterocycles. The molecule has 3 aromatic rings. The van der Waals surface area contributed by atoms with E-state index >= 15 is 0 Å². The molecule has 0 radical (unpaired) electrons. The Labute approximate surface area is 108 Å². The minimum Gasteiger partial charge on any atom is -0.460 e. The summed E-state index contributed by atoms with van der Waals surface area (Å²) in [5, 5.41) is 2.00. The van der Waals surface area contributed by atoms with Gasteiger partial charge in [0.1, 0.15) is 0 Å². The van der Waals surface area contributed by atoms with Crippen LogP contribution < -0.4 is 0 Å². The lowest BCUT2D eigenvalue weighted by molar-refractivity contribution is 0.0799. The van der Waals surface area contributed by atoms with Gasteiger partial charge in [0.05, 0.1) is 6.26 Å². The summed E-state index contributed by atoms with van der Waals surface area (Å²) in [7, 11) is 0. The average Bonchev–Trinajstić information content (AvgIpc) is 2.93. The number of hydrogen-bond acceptors (Lipinski definition) is 3. The first-order valence-electron chi connectivity index (χ1n) is 5.96. The van der Waals surface area contributed by atoms with Crippen LogP contribution in [0.1, 0.15) is 20.9 Å². The highest BCUT2D eigenvalue weighted by atomic mass is 16.3. The second kappa shape index (κ2) is 3.42. The van der Waals surface area contributed by atoms with E-state index in [2.05, 4.69) is 0 Å². The maximum Gasteiger partial charge on any atom is 0.269 e. The highest BCUT2D eigenvalue weighted by molar-refractivity contribution is 6.53. The molecule has 0 unspecified atom stereocenters. The van der Waals surface area contributed by atoms with Crippen LogP contribution >= 0.6 is 0 Å². The summed E-state index contributed by atoms with van der Waals surface area (Å²) in [6.45, 7) is 0. The van der Waals surface area contributed by atoms with E-state index in [0.29, 0.717) is 11.1 Å². The van der Waals surface area contributed by atoms with Gasteiger partial charge in [0.15, 0.2) is 5.76 Å². The highest BCUT2D eigenvalue weighted by Crippen LogP contribution is 2.39. The molecule has 3 nitrogen and oxygen atoms in total. The first kappa shape index (κ1) is 10.3. The molecule has 0 fully saturated rings. The van der Waals surface area contributed by atoms with Crippen molar-refractivity contribution in [1.29, 1.82) is 0 Å². The van der Waals surface area contributed by atoms with Crippen LogP contribution in [0, 0.1) is 0 Å². The molecule has 90 valence electrons. The Morgan fingerprint density at radius 3 is 2.53 bits per heavy atom. The highest BCUT2D eigenvalue weighted by Gasteiger charge is 2.33. The molecular weight excluding hydrogens is 240 g/mol. The van der Waals surface area contributed by atoms with Gasteiger partial charge in [-0.3, -0.25) is 9.59 Å². The minimum absolute atomic E-state index is 0.147. The molecule has 1 aliphatic carbocycles. The Hall–Kier alpha value is -2.68. The van der Waals surface area contributed by atoms with Gasteiger partial charge in [0.25, 0.3) is 5.78 Å². The Kier molecular flexibility index (Phi) is 1.85. The summed E-state index contributed by atoms with van der Waals surface area (Å²) in [5.74, 6) is -0.917. The first-order valence-corrected chi connectivity index (χ1v) is 5.96. The van der Waals surface area contributed by atoms with Gasteiger partial charge >= 0.3 is 0 Å². The lowest BCUT2D eigenvalue weighted by Crippen LogP contribution is -2.20. The Morgan fingerprint density at radius 2 is 1.63 bits per heavy atom. The predicted molar refractivity (Wildman–Crippen MR) is 70.3 cm³/mol. The number of furan rings is 1. The quantitative estimate of drug-likeness (QED) is 0.572. The van der Waals surface area contributed by atoms with Crippen LogP contribution in [0.4, 0.5) is 0 Å². The van der Waals surface area contributed by atoms with E-state index in [1.165, 1.54) is 6.26 Å². The van der Waals surface area contributed by atoms with Crippen molar-refractivity contribution in [3.05, 3.63) is 60.1 Å². The van der Waals surface area contributed by atoms with Gasteiger partial charge in [0, 0.05) is 16.7 Å². The zero-order chi connectivity index (χ0) is 13.0. The molecule has 0 spiro atoms. The fourth-order valence-electron chi connectivity index (χ4n) is 2.66. The van der Waals surface area contributed by atoms with Crippen LogP contribution in [0.25, 0.3) is 21.9 Å². The number of hydrogen-bond donors (Lipinski definition) is 0. The fourth-order valence-corrected chi connectivity index (χ4v) is 2.66. The predicted octanol–water partition coefficient (Wildman–Crippen LogP) is 3.48. The summed E-state index contributed by atoms with van der Waals surface area (Å²) in [5.41, 5.74) is 1.96.